The van der Waals surface area contributed by atoms with Gasteiger partial charge in [-0.05, 0) is 25.5 Å². The van der Waals surface area contributed by atoms with E-state index in [2.05, 4.69) is 15.3 Å². The summed E-state index contributed by atoms with van der Waals surface area (Å²) in [7, 11) is 3.73. The summed E-state index contributed by atoms with van der Waals surface area (Å²) in [4.78, 5) is 22.3. The predicted molar refractivity (Wildman–Crippen MR) is 80.2 cm³/mol. The first-order chi connectivity index (χ1) is 9.47. The van der Waals surface area contributed by atoms with Crippen LogP contribution in [0.5, 0.6) is 0 Å². The van der Waals surface area contributed by atoms with Crippen molar-refractivity contribution in [1.29, 1.82) is 0 Å². The quantitative estimate of drug-likeness (QED) is 0.930. The Bertz CT molecular complexity index is 620. The Balaban J connectivity index is 2.15. The lowest BCUT2D eigenvalue weighted by Gasteiger charge is -2.11. The van der Waals surface area contributed by atoms with Crippen LogP contribution in [0.2, 0.25) is 0 Å². The molecule has 0 aliphatic rings. The summed E-state index contributed by atoms with van der Waals surface area (Å²) in [6.45, 7) is 3.93. The highest BCUT2D eigenvalue weighted by atomic mass is 16.1. The number of hydrogen-bond acceptors (Lipinski definition) is 4. The average molecular weight is 270 g/mol. The lowest BCUT2D eigenvalue weighted by molar-refractivity contribution is 0.102. The summed E-state index contributed by atoms with van der Waals surface area (Å²) in [5, 5.41) is 2.80. The zero-order valence-corrected chi connectivity index (χ0v) is 12.1. The number of rotatable bonds is 3. The van der Waals surface area contributed by atoms with Crippen LogP contribution in [0.3, 0.4) is 0 Å². The molecular formula is C15H18N4O. The van der Waals surface area contributed by atoms with Gasteiger partial charge < -0.3 is 10.2 Å². The molecule has 0 radical (unpaired) electrons. The molecule has 0 spiro atoms. The van der Waals surface area contributed by atoms with E-state index in [-0.39, 0.29) is 5.91 Å². The highest BCUT2D eigenvalue weighted by Crippen LogP contribution is 2.14. The Kier molecular flexibility index (Phi) is 3.98. The van der Waals surface area contributed by atoms with Crippen molar-refractivity contribution in [3.63, 3.8) is 0 Å². The normalized spacial score (nSPS) is 10.2. The molecule has 0 saturated carbocycles. The maximum atomic E-state index is 12.2. The Morgan fingerprint density at radius 2 is 1.80 bits per heavy atom. The largest absolute Gasteiger partial charge is 0.347 e. The molecule has 1 N–H and O–H groups in total. The van der Waals surface area contributed by atoms with Gasteiger partial charge in [0.15, 0.2) is 0 Å². The van der Waals surface area contributed by atoms with Gasteiger partial charge in [0, 0.05) is 19.7 Å². The molecule has 0 unspecified atom stereocenters. The number of aromatic nitrogens is 2. The fourth-order valence-corrected chi connectivity index (χ4v) is 1.88. The number of nitrogens with zero attached hydrogens (tertiary/aromatic N) is 3. The highest BCUT2D eigenvalue weighted by molar-refractivity contribution is 6.05. The smallest absolute Gasteiger partial charge is 0.256 e. The van der Waals surface area contributed by atoms with Gasteiger partial charge in [-0.1, -0.05) is 17.7 Å². The van der Waals surface area contributed by atoms with Crippen molar-refractivity contribution in [3.8, 4) is 0 Å². The third-order valence-electron chi connectivity index (χ3n) is 2.92. The molecular weight excluding hydrogens is 252 g/mol. The number of amides is 1. The molecule has 1 amide bonds. The average Bonchev–Trinajstić information content (AvgIpc) is 2.39. The first-order valence-corrected chi connectivity index (χ1v) is 6.35. The van der Waals surface area contributed by atoms with Crippen molar-refractivity contribution < 1.29 is 4.79 Å². The number of benzene rings is 1. The SMILES string of the molecule is Cc1ccc(C(=O)Nc2cnc(N(C)C)nc2)c(C)c1. The van der Waals surface area contributed by atoms with Crippen molar-refractivity contribution in [2.45, 2.75) is 13.8 Å². The fourth-order valence-electron chi connectivity index (χ4n) is 1.88. The standard InChI is InChI=1S/C15H18N4O/c1-10-5-6-13(11(2)7-10)14(20)18-12-8-16-15(17-9-12)19(3)4/h5-9H,1-4H3,(H,18,20). The molecule has 0 aliphatic heterocycles. The molecule has 2 aromatic rings. The molecule has 0 bridgehead atoms. The van der Waals surface area contributed by atoms with Crippen molar-refractivity contribution in [2.75, 3.05) is 24.3 Å². The van der Waals surface area contributed by atoms with Gasteiger partial charge in [-0.3, -0.25) is 4.79 Å². The summed E-state index contributed by atoms with van der Waals surface area (Å²) in [6.07, 6.45) is 3.20. The van der Waals surface area contributed by atoms with E-state index in [1.807, 2.05) is 46.1 Å². The van der Waals surface area contributed by atoms with Crippen LogP contribution in [0.4, 0.5) is 11.6 Å². The Labute approximate surface area is 118 Å². The zero-order chi connectivity index (χ0) is 14.7. The molecule has 0 aliphatic carbocycles. The molecule has 1 heterocycles. The molecule has 0 saturated heterocycles. The molecule has 0 atom stereocenters. The van der Waals surface area contributed by atoms with E-state index >= 15 is 0 Å². The van der Waals surface area contributed by atoms with Crippen molar-refractivity contribution in [1.82, 2.24) is 9.97 Å². The lowest BCUT2D eigenvalue weighted by Crippen LogP contribution is -2.15. The van der Waals surface area contributed by atoms with Crippen LogP contribution in [0.1, 0.15) is 21.5 Å². The van der Waals surface area contributed by atoms with E-state index in [9.17, 15) is 4.79 Å². The lowest BCUT2D eigenvalue weighted by atomic mass is 10.1. The van der Waals surface area contributed by atoms with Crippen LogP contribution in [0, 0.1) is 13.8 Å². The fraction of sp³-hybridized carbons (Fsp3) is 0.267. The van der Waals surface area contributed by atoms with Crippen LogP contribution >= 0.6 is 0 Å². The second kappa shape index (κ2) is 5.69. The third-order valence-corrected chi connectivity index (χ3v) is 2.92. The first-order valence-electron chi connectivity index (χ1n) is 6.35. The van der Waals surface area contributed by atoms with Crippen molar-refractivity contribution in [3.05, 3.63) is 47.3 Å². The van der Waals surface area contributed by atoms with E-state index in [0.29, 0.717) is 17.2 Å². The van der Waals surface area contributed by atoms with Gasteiger partial charge in [-0.2, -0.15) is 0 Å². The van der Waals surface area contributed by atoms with Gasteiger partial charge in [0.1, 0.15) is 0 Å². The van der Waals surface area contributed by atoms with Gasteiger partial charge in [0.2, 0.25) is 5.95 Å². The Morgan fingerprint density at radius 1 is 1.15 bits per heavy atom. The Morgan fingerprint density at radius 3 is 2.35 bits per heavy atom. The van der Waals surface area contributed by atoms with Crippen LogP contribution < -0.4 is 10.2 Å². The molecule has 104 valence electrons. The summed E-state index contributed by atoms with van der Waals surface area (Å²) in [5.74, 6) is 0.457. The molecule has 1 aromatic carbocycles. The Hall–Kier alpha value is -2.43. The summed E-state index contributed by atoms with van der Waals surface area (Å²) >= 11 is 0. The summed E-state index contributed by atoms with van der Waals surface area (Å²) in [6, 6.07) is 5.74. The molecule has 0 fully saturated rings. The second-order valence-corrected chi connectivity index (χ2v) is 4.94. The van der Waals surface area contributed by atoms with E-state index in [4.69, 9.17) is 0 Å². The number of carbonyl (C=O) groups is 1. The van der Waals surface area contributed by atoms with Crippen LogP contribution in [0.15, 0.2) is 30.6 Å². The second-order valence-electron chi connectivity index (χ2n) is 4.94. The third kappa shape index (κ3) is 3.12. The zero-order valence-electron chi connectivity index (χ0n) is 12.1. The van der Waals surface area contributed by atoms with Crippen LogP contribution in [-0.2, 0) is 0 Å². The number of carbonyl (C=O) groups excluding carboxylic acids is 1. The van der Waals surface area contributed by atoms with Crippen LogP contribution in [-0.4, -0.2) is 30.0 Å². The molecule has 1 aromatic heterocycles. The van der Waals surface area contributed by atoms with Crippen molar-refractivity contribution in [2.24, 2.45) is 0 Å². The minimum Gasteiger partial charge on any atom is -0.347 e. The minimum absolute atomic E-state index is 0.149. The topological polar surface area (TPSA) is 58.1 Å². The van der Waals surface area contributed by atoms with E-state index < -0.39 is 0 Å². The van der Waals surface area contributed by atoms with Gasteiger partial charge in [0.05, 0.1) is 18.1 Å². The number of hydrogen-bond donors (Lipinski definition) is 1. The summed E-state index contributed by atoms with van der Waals surface area (Å²) < 4.78 is 0. The molecule has 2 rings (SSSR count). The van der Waals surface area contributed by atoms with Crippen molar-refractivity contribution >= 4 is 17.5 Å². The molecule has 5 heteroatoms. The van der Waals surface area contributed by atoms with Gasteiger partial charge >= 0.3 is 0 Å². The minimum atomic E-state index is -0.149. The summed E-state index contributed by atoms with van der Waals surface area (Å²) in [5.41, 5.74) is 3.33. The van der Waals surface area contributed by atoms with Gasteiger partial charge in [-0.15, -0.1) is 0 Å². The van der Waals surface area contributed by atoms with Gasteiger partial charge in [0.25, 0.3) is 5.91 Å². The monoisotopic (exact) mass is 270 g/mol. The maximum absolute atomic E-state index is 12.2. The number of aryl methyl sites for hydroxylation is 2. The molecule has 20 heavy (non-hydrogen) atoms. The predicted octanol–water partition coefficient (Wildman–Crippen LogP) is 2.41. The van der Waals surface area contributed by atoms with E-state index in [1.54, 1.807) is 17.3 Å². The number of nitrogens with one attached hydrogen (secondary N) is 1. The maximum Gasteiger partial charge on any atom is 0.256 e. The molecule has 5 nitrogen and oxygen atoms in total. The van der Waals surface area contributed by atoms with Gasteiger partial charge in [-0.25, -0.2) is 9.97 Å². The van der Waals surface area contributed by atoms with Crippen LogP contribution in [0.25, 0.3) is 0 Å². The van der Waals surface area contributed by atoms with E-state index in [1.165, 1.54) is 0 Å². The van der Waals surface area contributed by atoms with E-state index in [0.717, 1.165) is 11.1 Å². The highest BCUT2D eigenvalue weighted by Gasteiger charge is 2.10. The number of anilines is 2. The first kappa shape index (κ1) is 14.0.